The summed E-state index contributed by atoms with van der Waals surface area (Å²) in [6.07, 6.45) is 4.34. The number of rotatable bonds is 7. The van der Waals surface area contributed by atoms with Gasteiger partial charge in [0.05, 0.1) is 0 Å². The van der Waals surface area contributed by atoms with Crippen molar-refractivity contribution >= 4 is 5.91 Å². The van der Waals surface area contributed by atoms with Crippen LogP contribution in [-0.2, 0) is 4.79 Å². The van der Waals surface area contributed by atoms with Crippen LogP contribution in [0.15, 0.2) is 0 Å². The Labute approximate surface area is 98.3 Å². The van der Waals surface area contributed by atoms with E-state index in [2.05, 4.69) is 18.7 Å². The molecule has 1 aliphatic rings. The summed E-state index contributed by atoms with van der Waals surface area (Å²) in [4.78, 5) is 13.6. The molecule has 2 atom stereocenters. The number of hydrogen-bond donors (Lipinski definition) is 2. The van der Waals surface area contributed by atoms with Crippen LogP contribution in [0, 0.1) is 5.92 Å². The van der Waals surface area contributed by atoms with E-state index in [4.69, 9.17) is 11.5 Å². The average molecular weight is 227 g/mol. The van der Waals surface area contributed by atoms with Gasteiger partial charge in [0.25, 0.3) is 0 Å². The Morgan fingerprint density at radius 3 is 2.50 bits per heavy atom. The maximum Gasteiger partial charge on any atom is 0.239 e. The van der Waals surface area contributed by atoms with Crippen LogP contribution in [0.4, 0.5) is 0 Å². The van der Waals surface area contributed by atoms with E-state index in [-0.39, 0.29) is 5.91 Å². The highest BCUT2D eigenvalue weighted by molar-refractivity contribution is 5.85. The Bertz CT molecular complexity index is 253. The van der Waals surface area contributed by atoms with Gasteiger partial charge in [-0.05, 0) is 39.2 Å². The molecule has 2 unspecified atom stereocenters. The molecule has 1 fully saturated rings. The van der Waals surface area contributed by atoms with E-state index < -0.39 is 5.54 Å². The van der Waals surface area contributed by atoms with Gasteiger partial charge in [-0.1, -0.05) is 13.3 Å². The van der Waals surface area contributed by atoms with Crippen molar-refractivity contribution in [2.45, 2.75) is 51.1 Å². The monoisotopic (exact) mass is 227 g/mol. The number of carbonyl (C=O) groups excluding carboxylic acids is 1. The molecule has 1 aliphatic carbocycles. The Balaban J connectivity index is 2.58. The molecule has 0 heterocycles. The lowest BCUT2D eigenvalue weighted by Gasteiger charge is -2.34. The Hall–Kier alpha value is -0.610. The van der Waals surface area contributed by atoms with E-state index in [0.29, 0.717) is 18.5 Å². The summed E-state index contributed by atoms with van der Waals surface area (Å²) in [7, 11) is 2.02. The van der Waals surface area contributed by atoms with Crippen LogP contribution < -0.4 is 11.5 Å². The molecule has 0 aromatic carbocycles. The zero-order valence-corrected chi connectivity index (χ0v) is 10.7. The van der Waals surface area contributed by atoms with Crippen molar-refractivity contribution in [3.8, 4) is 0 Å². The van der Waals surface area contributed by atoms with Gasteiger partial charge < -0.3 is 16.4 Å². The molecule has 4 N–H and O–H groups in total. The van der Waals surface area contributed by atoms with E-state index in [1.165, 1.54) is 0 Å². The van der Waals surface area contributed by atoms with Crippen LogP contribution >= 0.6 is 0 Å². The molecule has 0 aliphatic heterocycles. The van der Waals surface area contributed by atoms with Crippen molar-refractivity contribution in [2.24, 2.45) is 17.4 Å². The van der Waals surface area contributed by atoms with Gasteiger partial charge in [-0.3, -0.25) is 4.79 Å². The minimum atomic E-state index is -0.823. The van der Waals surface area contributed by atoms with E-state index >= 15 is 0 Å². The molecule has 0 spiro atoms. The minimum Gasteiger partial charge on any atom is -0.368 e. The normalized spacial score (nSPS) is 21.8. The molecule has 0 aromatic rings. The van der Waals surface area contributed by atoms with Crippen LogP contribution in [0.25, 0.3) is 0 Å². The number of hydrogen-bond acceptors (Lipinski definition) is 3. The second kappa shape index (κ2) is 5.15. The number of nitrogens with zero attached hydrogens (tertiary/aromatic N) is 1. The predicted molar refractivity (Wildman–Crippen MR) is 65.8 cm³/mol. The highest BCUT2D eigenvalue weighted by atomic mass is 16.1. The maximum absolute atomic E-state index is 11.5. The summed E-state index contributed by atoms with van der Waals surface area (Å²) >= 11 is 0. The summed E-state index contributed by atoms with van der Waals surface area (Å²) in [6, 6.07) is 0.450. The summed E-state index contributed by atoms with van der Waals surface area (Å²) in [6.45, 7) is 4.90. The van der Waals surface area contributed by atoms with Crippen molar-refractivity contribution in [3.63, 3.8) is 0 Å². The third-order valence-corrected chi connectivity index (χ3v) is 3.73. The first-order valence-electron chi connectivity index (χ1n) is 6.20. The van der Waals surface area contributed by atoms with Gasteiger partial charge in [-0.25, -0.2) is 0 Å². The highest BCUT2D eigenvalue weighted by Crippen LogP contribution is 2.38. The average Bonchev–Trinajstić information content (AvgIpc) is 3.00. The number of nitrogens with two attached hydrogens (primary N) is 2. The number of primary amides is 1. The molecular weight excluding hydrogens is 202 g/mol. The van der Waals surface area contributed by atoms with E-state index in [0.717, 1.165) is 25.7 Å². The first-order chi connectivity index (χ1) is 7.41. The topological polar surface area (TPSA) is 72.3 Å². The fourth-order valence-corrected chi connectivity index (χ4v) is 2.21. The first kappa shape index (κ1) is 13.5. The van der Waals surface area contributed by atoms with E-state index in [1.807, 2.05) is 7.05 Å². The standard InChI is InChI=1S/C12H25N3O/c1-4-5-9(2)15(3)8-12(14,11(13)16)10-6-7-10/h9-10H,4-8,14H2,1-3H3,(H2,13,16). The van der Waals surface area contributed by atoms with E-state index in [9.17, 15) is 4.79 Å². The Morgan fingerprint density at radius 1 is 1.56 bits per heavy atom. The fraction of sp³-hybridized carbons (Fsp3) is 0.917. The molecule has 16 heavy (non-hydrogen) atoms. The van der Waals surface area contributed by atoms with Gasteiger partial charge in [-0.15, -0.1) is 0 Å². The molecule has 0 saturated heterocycles. The van der Waals surface area contributed by atoms with E-state index in [1.54, 1.807) is 0 Å². The number of likely N-dealkylation sites (N-methyl/N-ethyl adjacent to an activating group) is 1. The van der Waals surface area contributed by atoms with Crippen molar-refractivity contribution in [1.29, 1.82) is 0 Å². The van der Waals surface area contributed by atoms with Crippen LogP contribution in [0.2, 0.25) is 0 Å². The summed E-state index contributed by atoms with van der Waals surface area (Å²) in [5.74, 6) is -0.0631. The molecule has 4 nitrogen and oxygen atoms in total. The smallest absolute Gasteiger partial charge is 0.239 e. The highest BCUT2D eigenvalue weighted by Gasteiger charge is 2.47. The summed E-state index contributed by atoms with van der Waals surface area (Å²) in [5, 5.41) is 0. The predicted octanol–water partition coefficient (Wildman–Crippen LogP) is 0.700. The SMILES string of the molecule is CCCC(C)N(C)CC(N)(C(N)=O)C1CC1. The second-order valence-corrected chi connectivity index (χ2v) is 5.23. The van der Waals surface area contributed by atoms with Crippen LogP contribution in [0.1, 0.15) is 39.5 Å². The summed E-state index contributed by atoms with van der Waals surface area (Å²) in [5.41, 5.74) is 10.8. The first-order valence-corrected chi connectivity index (χ1v) is 6.20. The number of carbonyl (C=O) groups is 1. The van der Waals surface area contributed by atoms with Gasteiger partial charge in [0.1, 0.15) is 5.54 Å². The molecule has 0 aromatic heterocycles. The summed E-state index contributed by atoms with van der Waals surface area (Å²) < 4.78 is 0. The molecule has 1 saturated carbocycles. The maximum atomic E-state index is 11.5. The van der Waals surface area contributed by atoms with Gasteiger partial charge in [0.15, 0.2) is 0 Å². The molecule has 1 amide bonds. The van der Waals surface area contributed by atoms with Gasteiger partial charge in [0.2, 0.25) is 5.91 Å². The second-order valence-electron chi connectivity index (χ2n) is 5.23. The zero-order valence-electron chi connectivity index (χ0n) is 10.7. The largest absolute Gasteiger partial charge is 0.368 e. The molecule has 94 valence electrons. The van der Waals surface area contributed by atoms with Crippen LogP contribution in [0.3, 0.4) is 0 Å². The minimum absolute atomic E-state index is 0.293. The van der Waals surface area contributed by atoms with Gasteiger partial charge >= 0.3 is 0 Å². The van der Waals surface area contributed by atoms with Crippen molar-refractivity contribution in [2.75, 3.05) is 13.6 Å². The molecule has 0 radical (unpaired) electrons. The third-order valence-electron chi connectivity index (χ3n) is 3.73. The third kappa shape index (κ3) is 2.95. The molecule has 4 heteroatoms. The lowest BCUT2D eigenvalue weighted by atomic mass is 9.92. The van der Waals surface area contributed by atoms with Gasteiger partial charge in [-0.2, -0.15) is 0 Å². The van der Waals surface area contributed by atoms with Crippen LogP contribution in [-0.4, -0.2) is 36.0 Å². The molecule has 1 rings (SSSR count). The van der Waals surface area contributed by atoms with Crippen LogP contribution in [0.5, 0.6) is 0 Å². The Kier molecular flexibility index (Phi) is 4.33. The quantitative estimate of drug-likeness (QED) is 0.672. The number of amides is 1. The fourth-order valence-electron chi connectivity index (χ4n) is 2.21. The molecule has 0 bridgehead atoms. The molecular formula is C12H25N3O. The lowest BCUT2D eigenvalue weighted by Crippen LogP contribution is -2.61. The Morgan fingerprint density at radius 2 is 2.12 bits per heavy atom. The van der Waals surface area contributed by atoms with Gasteiger partial charge in [0, 0.05) is 12.6 Å². The van der Waals surface area contributed by atoms with Crippen molar-refractivity contribution < 1.29 is 4.79 Å². The zero-order chi connectivity index (χ0) is 12.3. The van der Waals surface area contributed by atoms with Crippen molar-refractivity contribution in [3.05, 3.63) is 0 Å². The van der Waals surface area contributed by atoms with Crippen molar-refractivity contribution in [1.82, 2.24) is 4.90 Å². The lowest BCUT2D eigenvalue weighted by molar-refractivity contribution is -0.124.